The summed E-state index contributed by atoms with van der Waals surface area (Å²) in [6.45, 7) is 0.0552. The molecule has 2 aromatic heterocycles. The molecule has 8 nitrogen and oxygen atoms in total. The van der Waals surface area contributed by atoms with E-state index in [9.17, 15) is 13.2 Å². The predicted octanol–water partition coefficient (Wildman–Crippen LogP) is 2.41. The summed E-state index contributed by atoms with van der Waals surface area (Å²) in [5, 5.41) is 2.27. The number of anilines is 1. The van der Waals surface area contributed by atoms with Crippen LogP contribution in [-0.2, 0) is 16.6 Å². The molecule has 0 aliphatic rings. The fraction of sp³-hybridized carbons (Fsp3) is 0.111. The van der Waals surface area contributed by atoms with Crippen molar-refractivity contribution in [2.75, 3.05) is 12.4 Å². The maximum atomic E-state index is 12.3. The Hall–Kier alpha value is -3.17. The number of para-hydroxylation sites is 2. The number of sulfonamides is 1. The van der Waals surface area contributed by atoms with Crippen molar-refractivity contribution in [3.63, 3.8) is 0 Å². The molecule has 0 saturated heterocycles. The van der Waals surface area contributed by atoms with Gasteiger partial charge in [-0.05, 0) is 35.9 Å². The zero-order chi connectivity index (χ0) is 19.3. The highest BCUT2D eigenvalue weighted by Crippen LogP contribution is 2.24. The van der Waals surface area contributed by atoms with E-state index in [0.717, 1.165) is 0 Å². The third-order valence-electron chi connectivity index (χ3n) is 3.61. The SMILES string of the molecule is COc1ccccc1NC(=O)c1ccc(S(=O)(=O)NCc2cccnc2)o1. The largest absolute Gasteiger partial charge is 0.495 e. The summed E-state index contributed by atoms with van der Waals surface area (Å²) in [5.41, 5.74) is 1.14. The lowest BCUT2D eigenvalue weighted by molar-refractivity contribution is 0.0991. The molecular weight excluding hydrogens is 370 g/mol. The first kappa shape index (κ1) is 18.6. The zero-order valence-electron chi connectivity index (χ0n) is 14.4. The van der Waals surface area contributed by atoms with Crippen LogP contribution in [0.2, 0.25) is 0 Å². The lowest BCUT2D eigenvalue weighted by atomic mass is 10.3. The van der Waals surface area contributed by atoms with E-state index in [1.807, 2.05) is 0 Å². The first-order chi connectivity index (χ1) is 13.0. The second-order valence-electron chi connectivity index (χ2n) is 5.46. The Kier molecular flexibility index (Phi) is 5.53. The second kappa shape index (κ2) is 8.02. The van der Waals surface area contributed by atoms with Crippen molar-refractivity contribution in [3.8, 4) is 5.75 Å². The number of benzene rings is 1. The van der Waals surface area contributed by atoms with Crippen molar-refractivity contribution in [3.05, 3.63) is 72.2 Å². The van der Waals surface area contributed by atoms with Crippen LogP contribution in [0.3, 0.4) is 0 Å². The number of aromatic nitrogens is 1. The fourth-order valence-electron chi connectivity index (χ4n) is 2.27. The summed E-state index contributed by atoms with van der Waals surface area (Å²) < 4.78 is 37.4. The Morgan fingerprint density at radius 2 is 1.96 bits per heavy atom. The Morgan fingerprint density at radius 1 is 1.15 bits per heavy atom. The summed E-state index contributed by atoms with van der Waals surface area (Å²) >= 11 is 0. The molecule has 0 aliphatic heterocycles. The van der Waals surface area contributed by atoms with Crippen molar-refractivity contribution in [2.24, 2.45) is 0 Å². The maximum absolute atomic E-state index is 12.3. The van der Waals surface area contributed by atoms with Crippen LogP contribution in [0.25, 0.3) is 0 Å². The van der Waals surface area contributed by atoms with Gasteiger partial charge in [-0.25, -0.2) is 13.1 Å². The molecule has 0 atom stereocenters. The van der Waals surface area contributed by atoms with Crippen LogP contribution in [0.1, 0.15) is 16.1 Å². The summed E-state index contributed by atoms with van der Waals surface area (Å²) in [6, 6.07) is 12.8. The molecule has 0 saturated carbocycles. The van der Waals surface area contributed by atoms with Gasteiger partial charge in [0.25, 0.3) is 15.9 Å². The highest BCUT2D eigenvalue weighted by atomic mass is 32.2. The third kappa shape index (κ3) is 4.52. The molecule has 27 heavy (non-hydrogen) atoms. The number of hydrogen-bond donors (Lipinski definition) is 2. The molecule has 140 valence electrons. The van der Waals surface area contributed by atoms with Gasteiger partial charge >= 0.3 is 0 Å². The second-order valence-corrected chi connectivity index (χ2v) is 7.16. The predicted molar refractivity (Wildman–Crippen MR) is 97.9 cm³/mol. The van der Waals surface area contributed by atoms with E-state index in [0.29, 0.717) is 17.0 Å². The molecule has 1 amide bonds. The van der Waals surface area contributed by atoms with E-state index in [1.165, 1.54) is 19.2 Å². The molecule has 3 aromatic rings. The molecule has 1 aromatic carbocycles. The van der Waals surface area contributed by atoms with E-state index < -0.39 is 15.9 Å². The van der Waals surface area contributed by atoms with Gasteiger partial charge in [0.1, 0.15) is 5.75 Å². The Labute approximate surface area is 156 Å². The van der Waals surface area contributed by atoms with Crippen molar-refractivity contribution < 1.29 is 22.4 Å². The lowest BCUT2D eigenvalue weighted by Gasteiger charge is -2.08. The van der Waals surface area contributed by atoms with E-state index in [1.54, 1.807) is 48.8 Å². The molecular formula is C18H17N3O5S. The minimum Gasteiger partial charge on any atom is -0.495 e. The van der Waals surface area contributed by atoms with Gasteiger partial charge in [0.15, 0.2) is 5.76 Å². The molecule has 0 aliphatic carbocycles. The Balaban J connectivity index is 1.70. The van der Waals surface area contributed by atoms with Crippen molar-refractivity contribution in [1.82, 2.24) is 9.71 Å². The number of furan rings is 1. The molecule has 0 fully saturated rings. The summed E-state index contributed by atoms with van der Waals surface area (Å²) in [7, 11) is -2.42. The highest BCUT2D eigenvalue weighted by molar-refractivity contribution is 7.89. The average molecular weight is 387 g/mol. The zero-order valence-corrected chi connectivity index (χ0v) is 15.2. The summed E-state index contributed by atoms with van der Waals surface area (Å²) in [5.74, 6) is -0.251. The molecule has 0 bridgehead atoms. The van der Waals surface area contributed by atoms with Crippen LogP contribution in [-0.4, -0.2) is 26.4 Å². The molecule has 0 unspecified atom stereocenters. The van der Waals surface area contributed by atoms with Crippen molar-refractivity contribution in [2.45, 2.75) is 11.6 Å². The first-order valence-electron chi connectivity index (χ1n) is 7.92. The first-order valence-corrected chi connectivity index (χ1v) is 9.41. The minimum absolute atomic E-state index is 0.0552. The van der Waals surface area contributed by atoms with Crippen LogP contribution >= 0.6 is 0 Å². The van der Waals surface area contributed by atoms with Crippen LogP contribution in [0, 0.1) is 0 Å². The topological polar surface area (TPSA) is 111 Å². The molecule has 2 heterocycles. The number of carbonyl (C=O) groups excluding carboxylic acids is 1. The van der Waals surface area contributed by atoms with Crippen LogP contribution in [0.15, 0.2) is 70.4 Å². The number of nitrogens with one attached hydrogen (secondary N) is 2. The third-order valence-corrected chi connectivity index (χ3v) is 4.89. The Bertz CT molecular complexity index is 1030. The van der Waals surface area contributed by atoms with Gasteiger partial charge in [-0.15, -0.1) is 0 Å². The van der Waals surface area contributed by atoms with Gasteiger partial charge in [0.05, 0.1) is 12.8 Å². The number of methoxy groups -OCH3 is 1. The van der Waals surface area contributed by atoms with Crippen molar-refractivity contribution in [1.29, 1.82) is 0 Å². The van der Waals surface area contributed by atoms with E-state index in [4.69, 9.17) is 9.15 Å². The quantitative estimate of drug-likeness (QED) is 0.644. The molecule has 0 radical (unpaired) electrons. The van der Waals surface area contributed by atoms with Gasteiger partial charge in [-0.2, -0.15) is 0 Å². The molecule has 2 N–H and O–H groups in total. The van der Waals surface area contributed by atoms with Gasteiger partial charge in [-0.1, -0.05) is 18.2 Å². The van der Waals surface area contributed by atoms with Gasteiger partial charge in [-0.3, -0.25) is 9.78 Å². The van der Waals surface area contributed by atoms with Crippen LogP contribution in [0.5, 0.6) is 5.75 Å². The normalized spacial score (nSPS) is 11.1. The smallest absolute Gasteiger partial charge is 0.291 e. The molecule has 9 heteroatoms. The average Bonchev–Trinajstić information content (AvgIpc) is 3.19. The van der Waals surface area contributed by atoms with Gasteiger partial charge in [0, 0.05) is 18.9 Å². The Morgan fingerprint density at radius 3 is 2.70 bits per heavy atom. The standard InChI is InChI=1S/C18H17N3O5S/c1-25-15-7-3-2-6-14(15)21-18(22)16-8-9-17(26-16)27(23,24)20-12-13-5-4-10-19-11-13/h2-11,20H,12H2,1H3,(H,21,22). The summed E-state index contributed by atoms with van der Waals surface area (Å²) in [4.78, 5) is 16.2. The fourth-order valence-corrected chi connectivity index (χ4v) is 3.22. The molecule has 3 rings (SSSR count). The minimum atomic E-state index is -3.91. The number of carbonyl (C=O) groups is 1. The van der Waals surface area contributed by atoms with Gasteiger partial charge in [0.2, 0.25) is 5.09 Å². The van der Waals surface area contributed by atoms with Crippen LogP contribution in [0.4, 0.5) is 5.69 Å². The lowest BCUT2D eigenvalue weighted by Crippen LogP contribution is -2.23. The number of ether oxygens (including phenoxy) is 1. The highest BCUT2D eigenvalue weighted by Gasteiger charge is 2.21. The maximum Gasteiger partial charge on any atom is 0.291 e. The summed E-state index contributed by atoms with van der Waals surface area (Å²) in [6.07, 6.45) is 3.15. The number of rotatable bonds is 7. The number of hydrogen-bond acceptors (Lipinski definition) is 6. The van der Waals surface area contributed by atoms with E-state index in [2.05, 4.69) is 15.0 Å². The number of nitrogens with zero attached hydrogens (tertiary/aromatic N) is 1. The number of amides is 1. The van der Waals surface area contributed by atoms with Gasteiger partial charge < -0.3 is 14.5 Å². The van der Waals surface area contributed by atoms with Crippen LogP contribution < -0.4 is 14.8 Å². The van der Waals surface area contributed by atoms with E-state index in [-0.39, 0.29) is 17.4 Å². The number of pyridine rings is 1. The van der Waals surface area contributed by atoms with Crippen molar-refractivity contribution >= 4 is 21.6 Å². The monoisotopic (exact) mass is 387 g/mol. The molecule has 0 spiro atoms. The van der Waals surface area contributed by atoms with E-state index >= 15 is 0 Å².